The summed E-state index contributed by atoms with van der Waals surface area (Å²) in [6.07, 6.45) is -0.273. The number of benzene rings is 1. The Hall–Kier alpha value is -2.00. The number of carbonyl (C=O) groups excluding carboxylic acids is 1. The summed E-state index contributed by atoms with van der Waals surface area (Å²) in [7, 11) is -3.56. The van der Waals surface area contributed by atoms with Gasteiger partial charge >= 0.3 is 5.97 Å². The molecule has 1 fully saturated rings. The largest absolute Gasteiger partial charge is 0.479 e. The molecule has 24 heavy (non-hydrogen) atoms. The number of carboxylic acids is 1. The Morgan fingerprint density at radius 3 is 2.46 bits per heavy atom. The number of carboxylic acid groups (broad SMARTS) is 1. The quantitative estimate of drug-likeness (QED) is 0.773. The van der Waals surface area contributed by atoms with Gasteiger partial charge in [0.05, 0.1) is 17.9 Å². The van der Waals surface area contributed by atoms with Crippen molar-refractivity contribution in [1.82, 2.24) is 9.62 Å². The van der Waals surface area contributed by atoms with Crippen LogP contribution in [0.2, 0.25) is 0 Å². The highest BCUT2D eigenvalue weighted by molar-refractivity contribution is 7.89. The monoisotopic (exact) mass is 358 g/mol. The normalized spacial score (nSPS) is 21.0. The summed E-state index contributed by atoms with van der Waals surface area (Å²) in [6.45, 7) is 1.53. The smallest absolute Gasteiger partial charge is 0.343 e. The van der Waals surface area contributed by atoms with Crippen LogP contribution >= 0.6 is 0 Å². The van der Waals surface area contributed by atoms with E-state index in [1.807, 2.05) is 0 Å². The standard InChI is InChI=1S/C15H19FN2O5S/c1-2-17-24(22,23)12-5-3-11(4-6-12)9-13(19)18-8-7-15(16,10-18)14(20)21/h3-6,17H,2,7-10H2,1H3,(H,20,21). The van der Waals surface area contributed by atoms with Gasteiger partial charge in [0, 0.05) is 19.5 Å². The average Bonchev–Trinajstić information content (AvgIpc) is 2.92. The van der Waals surface area contributed by atoms with E-state index in [4.69, 9.17) is 5.11 Å². The number of carbonyl (C=O) groups is 2. The minimum absolute atomic E-state index is 0.0444. The van der Waals surface area contributed by atoms with Crippen molar-refractivity contribution in [1.29, 1.82) is 0 Å². The molecule has 1 saturated heterocycles. The summed E-state index contributed by atoms with van der Waals surface area (Å²) in [5.41, 5.74) is -1.82. The molecule has 1 atom stereocenters. The number of nitrogens with one attached hydrogen (secondary N) is 1. The maximum Gasteiger partial charge on any atom is 0.343 e. The molecule has 1 aromatic rings. The number of sulfonamides is 1. The van der Waals surface area contributed by atoms with E-state index in [9.17, 15) is 22.4 Å². The van der Waals surface area contributed by atoms with Gasteiger partial charge in [0.15, 0.2) is 0 Å². The predicted octanol–water partition coefficient (Wildman–Crippen LogP) is 0.552. The van der Waals surface area contributed by atoms with Crippen LogP contribution in [0.3, 0.4) is 0 Å². The number of alkyl halides is 1. The Bertz CT molecular complexity index is 735. The number of aliphatic carboxylic acids is 1. The lowest BCUT2D eigenvalue weighted by molar-refractivity contribution is -0.150. The minimum atomic E-state index is -3.56. The first kappa shape index (κ1) is 18.3. The van der Waals surface area contributed by atoms with E-state index in [1.165, 1.54) is 29.2 Å². The molecule has 0 aromatic heterocycles. The van der Waals surface area contributed by atoms with E-state index in [-0.39, 0.29) is 30.8 Å². The molecule has 1 unspecified atom stereocenters. The number of rotatable bonds is 6. The number of likely N-dealkylation sites (tertiary alicyclic amines) is 1. The second-order valence-electron chi connectivity index (χ2n) is 5.66. The molecule has 7 nitrogen and oxygen atoms in total. The fourth-order valence-corrected chi connectivity index (χ4v) is 3.55. The van der Waals surface area contributed by atoms with Crippen molar-refractivity contribution in [2.75, 3.05) is 19.6 Å². The van der Waals surface area contributed by atoms with Crippen LogP contribution in [0.25, 0.3) is 0 Å². The Morgan fingerprint density at radius 1 is 1.33 bits per heavy atom. The van der Waals surface area contributed by atoms with Crippen LogP contribution in [0, 0.1) is 0 Å². The maximum absolute atomic E-state index is 14.0. The summed E-state index contributed by atoms with van der Waals surface area (Å²) in [5.74, 6) is -1.95. The predicted molar refractivity (Wildman–Crippen MR) is 83.7 cm³/mol. The van der Waals surface area contributed by atoms with Gasteiger partial charge in [0.1, 0.15) is 0 Å². The van der Waals surface area contributed by atoms with Crippen molar-refractivity contribution < 1.29 is 27.5 Å². The molecule has 0 saturated carbocycles. The number of hydrogen-bond acceptors (Lipinski definition) is 4. The molecule has 1 heterocycles. The highest BCUT2D eigenvalue weighted by Crippen LogP contribution is 2.26. The summed E-state index contributed by atoms with van der Waals surface area (Å²) < 4.78 is 40.0. The topological polar surface area (TPSA) is 104 Å². The first-order valence-corrected chi connectivity index (χ1v) is 8.95. The zero-order chi connectivity index (χ0) is 18.0. The van der Waals surface area contributed by atoms with Crippen molar-refractivity contribution in [3.05, 3.63) is 29.8 Å². The first-order chi connectivity index (χ1) is 11.2. The Kier molecular flexibility index (Phi) is 5.24. The second-order valence-corrected chi connectivity index (χ2v) is 7.42. The van der Waals surface area contributed by atoms with Crippen LogP contribution < -0.4 is 4.72 Å². The van der Waals surface area contributed by atoms with Gasteiger partial charge in [-0.05, 0) is 17.7 Å². The Balaban J connectivity index is 2.02. The molecule has 0 spiro atoms. The van der Waals surface area contributed by atoms with Gasteiger partial charge in [-0.2, -0.15) is 0 Å². The zero-order valence-corrected chi connectivity index (χ0v) is 14.0. The van der Waals surface area contributed by atoms with Gasteiger partial charge in [-0.1, -0.05) is 19.1 Å². The van der Waals surface area contributed by atoms with Gasteiger partial charge in [-0.3, -0.25) is 4.79 Å². The fraction of sp³-hybridized carbons (Fsp3) is 0.467. The van der Waals surface area contributed by atoms with Crippen LogP contribution in [0.4, 0.5) is 4.39 Å². The lowest BCUT2D eigenvalue weighted by Gasteiger charge is -2.17. The Morgan fingerprint density at radius 2 is 1.96 bits per heavy atom. The van der Waals surface area contributed by atoms with Crippen LogP contribution in [-0.4, -0.2) is 55.6 Å². The molecule has 0 radical (unpaired) electrons. The molecular formula is C15H19FN2O5S. The number of hydrogen-bond donors (Lipinski definition) is 2. The van der Waals surface area contributed by atoms with E-state index in [0.717, 1.165) is 0 Å². The van der Waals surface area contributed by atoms with Gasteiger partial charge in [-0.25, -0.2) is 22.3 Å². The molecule has 132 valence electrons. The van der Waals surface area contributed by atoms with Gasteiger partial charge in [0.2, 0.25) is 21.6 Å². The SMILES string of the molecule is CCNS(=O)(=O)c1ccc(CC(=O)N2CCC(F)(C(=O)O)C2)cc1. The highest BCUT2D eigenvalue weighted by Gasteiger charge is 2.46. The van der Waals surface area contributed by atoms with Crippen molar-refractivity contribution in [2.24, 2.45) is 0 Å². The molecule has 1 aliphatic heterocycles. The van der Waals surface area contributed by atoms with Gasteiger partial charge in [0.25, 0.3) is 0 Å². The minimum Gasteiger partial charge on any atom is -0.479 e. The molecular weight excluding hydrogens is 339 g/mol. The zero-order valence-electron chi connectivity index (χ0n) is 13.2. The second kappa shape index (κ2) is 6.86. The molecule has 1 aromatic carbocycles. The van der Waals surface area contributed by atoms with E-state index in [0.29, 0.717) is 5.56 Å². The van der Waals surface area contributed by atoms with Crippen molar-refractivity contribution in [3.63, 3.8) is 0 Å². The van der Waals surface area contributed by atoms with Crippen LogP contribution in [-0.2, 0) is 26.0 Å². The maximum atomic E-state index is 14.0. The van der Waals surface area contributed by atoms with E-state index >= 15 is 0 Å². The molecule has 0 aliphatic carbocycles. The third kappa shape index (κ3) is 3.90. The van der Waals surface area contributed by atoms with Gasteiger partial charge in [-0.15, -0.1) is 0 Å². The summed E-state index contributed by atoms with van der Waals surface area (Å²) in [5, 5.41) is 8.84. The number of halogens is 1. The molecule has 2 N–H and O–H groups in total. The third-order valence-electron chi connectivity index (χ3n) is 3.88. The van der Waals surface area contributed by atoms with Crippen LogP contribution in [0.5, 0.6) is 0 Å². The first-order valence-electron chi connectivity index (χ1n) is 7.46. The summed E-state index contributed by atoms with van der Waals surface area (Å²) >= 11 is 0. The Labute approximate surface area is 139 Å². The molecule has 9 heteroatoms. The summed E-state index contributed by atoms with van der Waals surface area (Å²) in [6, 6.07) is 5.80. The van der Waals surface area contributed by atoms with Crippen LogP contribution in [0.1, 0.15) is 18.9 Å². The number of amides is 1. The lowest BCUT2D eigenvalue weighted by Crippen LogP contribution is -2.39. The van der Waals surface area contributed by atoms with Crippen molar-refractivity contribution in [2.45, 2.75) is 30.3 Å². The molecule has 1 aliphatic rings. The number of nitrogens with zero attached hydrogens (tertiary/aromatic N) is 1. The highest BCUT2D eigenvalue weighted by atomic mass is 32.2. The lowest BCUT2D eigenvalue weighted by atomic mass is 10.1. The fourth-order valence-electron chi connectivity index (χ4n) is 2.51. The van der Waals surface area contributed by atoms with E-state index in [1.54, 1.807) is 6.92 Å². The third-order valence-corrected chi connectivity index (χ3v) is 5.44. The molecule has 2 rings (SSSR count). The van der Waals surface area contributed by atoms with Gasteiger partial charge < -0.3 is 10.0 Å². The molecule has 0 bridgehead atoms. The van der Waals surface area contributed by atoms with E-state index < -0.39 is 34.1 Å². The van der Waals surface area contributed by atoms with E-state index in [2.05, 4.69) is 4.72 Å². The van der Waals surface area contributed by atoms with Crippen LogP contribution in [0.15, 0.2) is 29.2 Å². The van der Waals surface area contributed by atoms with Crippen molar-refractivity contribution >= 4 is 21.9 Å². The average molecular weight is 358 g/mol. The summed E-state index contributed by atoms with van der Waals surface area (Å²) in [4.78, 5) is 24.3. The van der Waals surface area contributed by atoms with Crippen molar-refractivity contribution in [3.8, 4) is 0 Å². The molecule has 1 amide bonds.